The Morgan fingerprint density at radius 3 is 2.59 bits per heavy atom. The maximum Gasteiger partial charge on any atom is 0.323 e. The summed E-state index contributed by atoms with van der Waals surface area (Å²) in [6.07, 6.45) is 4.66. The van der Waals surface area contributed by atoms with Crippen molar-refractivity contribution >= 4 is 17.7 Å². The van der Waals surface area contributed by atoms with Gasteiger partial charge in [0, 0.05) is 6.04 Å². The van der Waals surface area contributed by atoms with Gasteiger partial charge in [-0.05, 0) is 43.1 Å². The zero-order chi connectivity index (χ0) is 12.9. The predicted octanol–water partition coefficient (Wildman–Crippen LogP) is 2.89. The number of carbonyl (C=O) groups is 1. The lowest BCUT2D eigenvalue weighted by Gasteiger charge is -2.29. The van der Waals surface area contributed by atoms with E-state index in [1.54, 1.807) is 0 Å². The molecule has 4 heteroatoms. The topological polar surface area (TPSA) is 49.3 Å². The molecule has 0 aromatic carbocycles. The number of nitrogens with one attached hydrogen (secondary N) is 1. The molecule has 1 rings (SSSR count). The second kappa shape index (κ2) is 6.64. The third-order valence-electron chi connectivity index (χ3n) is 3.27. The molecule has 1 aliphatic rings. The van der Waals surface area contributed by atoms with Crippen LogP contribution in [-0.2, 0) is 4.79 Å². The van der Waals surface area contributed by atoms with Gasteiger partial charge in [0.2, 0.25) is 0 Å². The fraction of sp³-hybridized carbons (Fsp3) is 0.923. The van der Waals surface area contributed by atoms with Gasteiger partial charge in [-0.2, -0.15) is 11.8 Å². The lowest BCUT2D eigenvalue weighted by molar-refractivity contribution is -0.145. The van der Waals surface area contributed by atoms with E-state index in [0.717, 1.165) is 31.4 Å². The number of hydrogen-bond acceptors (Lipinski definition) is 3. The van der Waals surface area contributed by atoms with Gasteiger partial charge in [-0.3, -0.25) is 10.1 Å². The summed E-state index contributed by atoms with van der Waals surface area (Å²) >= 11 is 1.91. The Hall–Kier alpha value is -0.220. The van der Waals surface area contributed by atoms with Gasteiger partial charge in [0.1, 0.15) is 5.54 Å². The molecule has 1 aliphatic carbocycles. The van der Waals surface area contributed by atoms with Crippen LogP contribution in [0.5, 0.6) is 0 Å². The summed E-state index contributed by atoms with van der Waals surface area (Å²) < 4.78 is 0. The van der Waals surface area contributed by atoms with E-state index in [1.165, 1.54) is 0 Å². The van der Waals surface area contributed by atoms with Gasteiger partial charge < -0.3 is 5.11 Å². The number of hydrogen-bond donors (Lipinski definition) is 2. The fourth-order valence-corrected chi connectivity index (χ4v) is 2.76. The molecule has 2 N–H and O–H groups in total. The summed E-state index contributed by atoms with van der Waals surface area (Å²) in [6, 6.07) is 0.448. The van der Waals surface area contributed by atoms with Crippen molar-refractivity contribution in [3.05, 3.63) is 0 Å². The molecule has 1 unspecified atom stereocenters. The summed E-state index contributed by atoms with van der Waals surface area (Å²) in [7, 11) is 0. The molecular formula is C13H25NO2S. The Labute approximate surface area is 109 Å². The van der Waals surface area contributed by atoms with E-state index in [1.807, 2.05) is 18.7 Å². The standard InChI is InChI=1S/C13H25NO2S/c1-4-13(12(15)16,14-11-6-7-11)8-5-9-17-10(2)3/h10-11,14H,4-9H2,1-3H3,(H,15,16). The van der Waals surface area contributed by atoms with Crippen molar-refractivity contribution in [3.63, 3.8) is 0 Å². The highest BCUT2D eigenvalue weighted by atomic mass is 32.2. The summed E-state index contributed by atoms with van der Waals surface area (Å²) in [6.45, 7) is 6.33. The molecule has 0 heterocycles. The molecule has 3 nitrogen and oxygen atoms in total. The largest absolute Gasteiger partial charge is 0.480 e. The van der Waals surface area contributed by atoms with Crippen LogP contribution in [0.4, 0.5) is 0 Å². The van der Waals surface area contributed by atoms with Crippen molar-refractivity contribution in [2.75, 3.05) is 5.75 Å². The Morgan fingerprint density at radius 1 is 1.53 bits per heavy atom. The fourth-order valence-electron chi connectivity index (χ4n) is 1.98. The maximum absolute atomic E-state index is 11.5. The van der Waals surface area contributed by atoms with Gasteiger partial charge in [-0.1, -0.05) is 20.8 Å². The van der Waals surface area contributed by atoms with Crippen molar-refractivity contribution in [2.45, 2.75) is 69.7 Å². The Bertz CT molecular complexity index is 254. The predicted molar refractivity (Wildman–Crippen MR) is 73.6 cm³/mol. The van der Waals surface area contributed by atoms with Crippen LogP contribution in [0.1, 0.15) is 52.9 Å². The van der Waals surface area contributed by atoms with Gasteiger partial charge in [0.25, 0.3) is 0 Å². The zero-order valence-electron chi connectivity index (χ0n) is 11.2. The van der Waals surface area contributed by atoms with Gasteiger partial charge in [-0.25, -0.2) is 0 Å². The van der Waals surface area contributed by atoms with Crippen molar-refractivity contribution in [1.82, 2.24) is 5.32 Å². The minimum Gasteiger partial charge on any atom is -0.480 e. The molecule has 1 fully saturated rings. The average molecular weight is 259 g/mol. The van der Waals surface area contributed by atoms with E-state index in [4.69, 9.17) is 0 Å². The molecule has 0 radical (unpaired) electrons. The Balaban J connectivity index is 2.41. The van der Waals surface area contributed by atoms with Crippen molar-refractivity contribution < 1.29 is 9.90 Å². The van der Waals surface area contributed by atoms with Crippen LogP contribution in [0.25, 0.3) is 0 Å². The first-order chi connectivity index (χ1) is 8.00. The van der Waals surface area contributed by atoms with Crippen LogP contribution in [0.2, 0.25) is 0 Å². The zero-order valence-corrected chi connectivity index (χ0v) is 12.0. The highest BCUT2D eigenvalue weighted by Gasteiger charge is 2.40. The van der Waals surface area contributed by atoms with E-state index >= 15 is 0 Å². The van der Waals surface area contributed by atoms with Gasteiger partial charge in [0.05, 0.1) is 0 Å². The lowest BCUT2D eigenvalue weighted by Crippen LogP contribution is -2.52. The van der Waals surface area contributed by atoms with Crippen LogP contribution < -0.4 is 5.32 Å². The lowest BCUT2D eigenvalue weighted by atomic mass is 9.90. The van der Waals surface area contributed by atoms with Crippen LogP contribution >= 0.6 is 11.8 Å². The summed E-state index contributed by atoms with van der Waals surface area (Å²) in [5, 5.41) is 13.4. The quantitative estimate of drug-likeness (QED) is 0.625. The number of thioether (sulfide) groups is 1. The molecule has 1 atom stereocenters. The molecule has 0 aliphatic heterocycles. The molecule has 0 spiro atoms. The highest BCUT2D eigenvalue weighted by molar-refractivity contribution is 7.99. The molecule has 0 saturated heterocycles. The smallest absolute Gasteiger partial charge is 0.323 e. The van der Waals surface area contributed by atoms with Gasteiger partial charge in [-0.15, -0.1) is 0 Å². The number of rotatable bonds is 9. The number of carboxylic acids is 1. The average Bonchev–Trinajstić information content (AvgIpc) is 3.05. The second-order valence-corrected chi connectivity index (χ2v) is 6.87. The minimum atomic E-state index is -0.682. The summed E-state index contributed by atoms with van der Waals surface area (Å²) in [4.78, 5) is 11.5. The molecule has 100 valence electrons. The van der Waals surface area contributed by atoms with E-state index in [2.05, 4.69) is 19.2 Å². The van der Waals surface area contributed by atoms with Crippen molar-refractivity contribution in [3.8, 4) is 0 Å². The molecule has 0 bridgehead atoms. The number of aliphatic carboxylic acids is 1. The van der Waals surface area contributed by atoms with Gasteiger partial charge in [0.15, 0.2) is 0 Å². The van der Waals surface area contributed by atoms with Gasteiger partial charge >= 0.3 is 5.97 Å². The first kappa shape index (κ1) is 14.8. The number of carboxylic acid groups (broad SMARTS) is 1. The molecule has 0 aromatic rings. The van der Waals surface area contributed by atoms with Crippen LogP contribution in [0.3, 0.4) is 0 Å². The van der Waals surface area contributed by atoms with Crippen LogP contribution in [0, 0.1) is 0 Å². The molecular weight excluding hydrogens is 234 g/mol. The van der Waals surface area contributed by atoms with E-state index < -0.39 is 11.5 Å². The highest BCUT2D eigenvalue weighted by Crippen LogP contribution is 2.28. The first-order valence-electron chi connectivity index (χ1n) is 6.63. The molecule has 17 heavy (non-hydrogen) atoms. The summed E-state index contributed by atoms with van der Waals surface area (Å²) in [5.41, 5.74) is -0.682. The molecule has 0 amide bonds. The Kier molecular flexibility index (Phi) is 5.80. The monoisotopic (exact) mass is 259 g/mol. The maximum atomic E-state index is 11.5. The SMILES string of the molecule is CCC(CCCSC(C)C)(NC1CC1)C(=O)O. The third kappa shape index (κ3) is 4.88. The molecule has 1 saturated carbocycles. The molecule has 0 aromatic heterocycles. The second-order valence-electron chi connectivity index (χ2n) is 5.18. The summed E-state index contributed by atoms with van der Waals surface area (Å²) in [5.74, 6) is 0.375. The van der Waals surface area contributed by atoms with Crippen LogP contribution in [0.15, 0.2) is 0 Å². The van der Waals surface area contributed by atoms with Crippen molar-refractivity contribution in [1.29, 1.82) is 0 Å². The van der Waals surface area contributed by atoms with E-state index in [9.17, 15) is 9.90 Å². The minimum absolute atomic E-state index is 0.448. The van der Waals surface area contributed by atoms with E-state index in [-0.39, 0.29) is 0 Å². The normalized spacial score (nSPS) is 19.3. The van der Waals surface area contributed by atoms with Crippen LogP contribution in [-0.4, -0.2) is 33.7 Å². The first-order valence-corrected chi connectivity index (χ1v) is 7.67. The Morgan fingerprint density at radius 2 is 2.18 bits per heavy atom. The van der Waals surface area contributed by atoms with Crippen molar-refractivity contribution in [2.24, 2.45) is 0 Å². The third-order valence-corrected chi connectivity index (χ3v) is 4.46. The van der Waals surface area contributed by atoms with E-state index in [0.29, 0.717) is 17.7 Å².